The maximum atomic E-state index is 12.3. The molecule has 0 unspecified atom stereocenters. The molecule has 2 heterocycles. The third-order valence-electron chi connectivity index (χ3n) is 4.26. The van der Waals surface area contributed by atoms with Crippen LogP contribution >= 0.6 is 0 Å². The van der Waals surface area contributed by atoms with Crippen LogP contribution in [0.15, 0.2) is 12.4 Å². The van der Waals surface area contributed by atoms with Gasteiger partial charge in [0.25, 0.3) is 5.91 Å². The number of rotatable bonds is 3. The summed E-state index contributed by atoms with van der Waals surface area (Å²) in [4.78, 5) is 22.9. The van der Waals surface area contributed by atoms with Crippen molar-refractivity contribution in [1.82, 2.24) is 15.3 Å². The molecule has 0 radical (unpaired) electrons. The molecular weight excluding hydrogens is 252 g/mol. The van der Waals surface area contributed by atoms with Crippen molar-refractivity contribution in [2.45, 2.75) is 51.0 Å². The van der Waals surface area contributed by atoms with Crippen LogP contribution in [-0.4, -0.2) is 35.0 Å². The molecule has 1 saturated heterocycles. The molecule has 3 rings (SSSR count). The Labute approximate surface area is 119 Å². The minimum atomic E-state index is -0.0558. The maximum Gasteiger partial charge on any atom is 0.270 e. The highest BCUT2D eigenvalue weighted by Crippen LogP contribution is 2.19. The van der Waals surface area contributed by atoms with Crippen molar-refractivity contribution in [3.8, 4) is 0 Å². The van der Waals surface area contributed by atoms with Crippen LogP contribution < -0.4 is 10.2 Å². The number of anilines is 1. The molecule has 5 nitrogen and oxygen atoms in total. The van der Waals surface area contributed by atoms with Crippen molar-refractivity contribution in [1.29, 1.82) is 0 Å². The van der Waals surface area contributed by atoms with E-state index in [1.807, 2.05) is 6.07 Å². The predicted molar refractivity (Wildman–Crippen MR) is 77.8 cm³/mol. The molecule has 1 aliphatic carbocycles. The first-order chi connectivity index (χ1) is 9.83. The summed E-state index contributed by atoms with van der Waals surface area (Å²) in [5, 5.41) is 3.11. The summed E-state index contributed by atoms with van der Waals surface area (Å²) in [6.45, 7) is 2.06. The summed E-state index contributed by atoms with van der Waals surface area (Å²) in [6, 6.07) is 2.14. The number of nitrogens with one attached hydrogen (secondary N) is 1. The van der Waals surface area contributed by atoms with Crippen LogP contribution in [0.4, 0.5) is 5.82 Å². The van der Waals surface area contributed by atoms with Crippen molar-refractivity contribution in [2.75, 3.05) is 18.0 Å². The number of nitrogens with zero attached hydrogens (tertiary/aromatic N) is 3. The number of amides is 1. The molecule has 20 heavy (non-hydrogen) atoms. The molecule has 0 spiro atoms. The molecule has 5 heteroatoms. The van der Waals surface area contributed by atoms with E-state index in [4.69, 9.17) is 0 Å². The second-order valence-electron chi connectivity index (χ2n) is 5.76. The van der Waals surface area contributed by atoms with Gasteiger partial charge in [-0.2, -0.15) is 0 Å². The van der Waals surface area contributed by atoms with Crippen molar-refractivity contribution >= 4 is 11.7 Å². The first-order valence-corrected chi connectivity index (χ1v) is 7.71. The number of carbonyl (C=O) groups is 1. The third kappa shape index (κ3) is 3.08. The standard InChI is InChI=1S/C15H22N4O/c20-15(18-12-6-2-1-3-7-12)13-10-14(17-11-16-13)19-8-4-5-9-19/h10-12H,1-9H2,(H,18,20). The van der Waals surface area contributed by atoms with Gasteiger partial charge >= 0.3 is 0 Å². The summed E-state index contributed by atoms with van der Waals surface area (Å²) < 4.78 is 0. The van der Waals surface area contributed by atoms with Gasteiger partial charge in [0.15, 0.2) is 0 Å². The molecule has 1 N–H and O–H groups in total. The van der Waals surface area contributed by atoms with E-state index in [2.05, 4.69) is 20.2 Å². The largest absolute Gasteiger partial charge is 0.357 e. The normalized spacial score (nSPS) is 20.1. The highest BCUT2D eigenvalue weighted by molar-refractivity contribution is 5.93. The smallest absolute Gasteiger partial charge is 0.270 e. The Morgan fingerprint density at radius 1 is 1.10 bits per heavy atom. The minimum absolute atomic E-state index is 0.0558. The Bertz CT molecular complexity index is 465. The SMILES string of the molecule is O=C(NC1CCCCC1)c1cc(N2CCCC2)ncn1. The highest BCUT2D eigenvalue weighted by Gasteiger charge is 2.19. The summed E-state index contributed by atoms with van der Waals surface area (Å²) in [5.41, 5.74) is 0.493. The van der Waals surface area contributed by atoms with Gasteiger partial charge in [0.1, 0.15) is 17.8 Å². The van der Waals surface area contributed by atoms with Gasteiger partial charge in [0.05, 0.1) is 0 Å². The zero-order chi connectivity index (χ0) is 13.8. The first kappa shape index (κ1) is 13.3. The first-order valence-electron chi connectivity index (χ1n) is 7.71. The maximum absolute atomic E-state index is 12.3. The minimum Gasteiger partial charge on any atom is -0.357 e. The van der Waals surface area contributed by atoms with E-state index in [9.17, 15) is 4.79 Å². The van der Waals surface area contributed by atoms with Crippen LogP contribution in [0.2, 0.25) is 0 Å². The molecule has 0 aromatic carbocycles. The quantitative estimate of drug-likeness (QED) is 0.917. The predicted octanol–water partition coefficient (Wildman–Crippen LogP) is 2.14. The van der Waals surface area contributed by atoms with E-state index in [0.29, 0.717) is 11.7 Å². The zero-order valence-electron chi connectivity index (χ0n) is 11.8. The molecular formula is C15H22N4O. The van der Waals surface area contributed by atoms with E-state index in [1.54, 1.807) is 0 Å². The Kier molecular flexibility index (Phi) is 4.14. The lowest BCUT2D eigenvalue weighted by atomic mass is 9.95. The van der Waals surface area contributed by atoms with Gasteiger partial charge in [0, 0.05) is 25.2 Å². The van der Waals surface area contributed by atoms with E-state index in [-0.39, 0.29) is 5.91 Å². The molecule has 108 valence electrons. The fraction of sp³-hybridized carbons (Fsp3) is 0.667. The van der Waals surface area contributed by atoms with E-state index in [0.717, 1.165) is 31.7 Å². The van der Waals surface area contributed by atoms with Crippen LogP contribution in [0.3, 0.4) is 0 Å². The summed E-state index contributed by atoms with van der Waals surface area (Å²) in [7, 11) is 0. The fourth-order valence-electron chi connectivity index (χ4n) is 3.10. The van der Waals surface area contributed by atoms with Gasteiger partial charge in [0.2, 0.25) is 0 Å². The Hall–Kier alpha value is -1.65. The van der Waals surface area contributed by atoms with Crippen molar-refractivity contribution < 1.29 is 4.79 Å². The van der Waals surface area contributed by atoms with Gasteiger partial charge in [-0.3, -0.25) is 4.79 Å². The molecule has 1 amide bonds. The highest BCUT2D eigenvalue weighted by atomic mass is 16.1. The van der Waals surface area contributed by atoms with Crippen LogP contribution in [0.25, 0.3) is 0 Å². The molecule has 1 saturated carbocycles. The van der Waals surface area contributed by atoms with Gasteiger partial charge < -0.3 is 10.2 Å². The van der Waals surface area contributed by atoms with Crippen LogP contribution in [0, 0.1) is 0 Å². The molecule has 2 aliphatic rings. The molecule has 2 fully saturated rings. The van der Waals surface area contributed by atoms with E-state index in [1.165, 1.54) is 38.4 Å². The van der Waals surface area contributed by atoms with Crippen LogP contribution in [-0.2, 0) is 0 Å². The molecule has 1 aromatic rings. The van der Waals surface area contributed by atoms with Crippen molar-refractivity contribution in [3.63, 3.8) is 0 Å². The topological polar surface area (TPSA) is 58.1 Å². The molecule has 0 atom stereocenters. The number of hydrogen-bond acceptors (Lipinski definition) is 4. The Balaban J connectivity index is 1.66. The summed E-state index contributed by atoms with van der Waals surface area (Å²) in [6.07, 6.45) is 9.82. The van der Waals surface area contributed by atoms with Gasteiger partial charge in [-0.25, -0.2) is 9.97 Å². The average Bonchev–Trinajstić information content (AvgIpc) is 3.03. The van der Waals surface area contributed by atoms with Gasteiger partial charge in [-0.1, -0.05) is 19.3 Å². The third-order valence-corrected chi connectivity index (χ3v) is 4.26. The zero-order valence-corrected chi connectivity index (χ0v) is 11.8. The fourth-order valence-corrected chi connectivity index (χ4v) is 3.10. The lowest BCUT2D eigenvalue weighted by Gasteiger charge is -2.22. The average molecular weight is 274 g/mol. The monoisotopic (exact) mass is 274 g/mol. The number of carbonyl (C=O) groups excluding carboxylic acids is 1. The lowest BCUT2D eigenvalue weighted by Crippen LogP contribution is -2.36. The molecule has 1 aromatic heterocycles. The summed E-state index contributed by atoms with van der Waals surface area (Å²) in [5.74, 6) is 0.825. The molecule has 0 bridgehead atoms. The van der Waals surface area contributed by atoms with Crippen molar-refractivity contribution in [3.05, 3.63) is 18.1 Å². The van der Waals surface area contributed by atoms with Crippen molar-refractivity contribution in [2.24, 2.45) is 0 Å². The second kappa shape index (κ2) is 6.20. The van der Waals surface area contributed by atoms with Crippen LogP contribution in [0.1, 0.15) is 55.4 Å². The Morgan fingerprint density at radius 3 is 2.60 bits per heavy atom. The second-order valence-corrected chi connectivity index (χ2v) is 5.76. The lowest BCUT2D eigenvalue weighted by molar-refractivity contribution is 0.0922. The van der Waals surface area contributed by atoms with E-state index < -0.39 is 0 Å². The Morgan fingerprint density at radius 2 is 1.85 bits per heavy atom. The van der Waals surface area contributed by atoms with Gasteiger partial charge in [-0.05, 0) is 25.7 Å². The number of aromatic nitrogens is 2. The van der Waals surface area contributed by atoms with Gasteiger partial charge in [-0.15, -0.1) is 0 Å². The van der Waals surface area contributed by atoms with Crippen LogP contribution in [0.5, 0.6) is 0 Å². The van der Waals surface area contributed by atoms with E-state index >= 15 is 0 Å². The molecule has 1 aliphatic heterocycles. The summed E-state index contributed by atoms with van der Waals surface area (Å²) >= 11 is 0. The number of hydrogen-bond donors (Lipinski definition) is 1.